The highest BCUT2D eigenvalue weighted by atomic mass is 16.6. The van der Waals surface area contributed by atoms with Crippen LogP contribution in [0.1, 0.15) is 96.6 Å². The highest BCUT2D eigenvalue weighted by Crippen LogP contribution is 2.47. The Kier molecular flexibility index (Phi) is 11.7. The summed E-state index contributed by atoms with van der Waals surface area (Å²) >= 11 is 0. The van der Waals surface area contributed by atoms with Gasteiger partial charge in [0.1, 0.15) is 23.8 Å². The molecule has 1 aromatic carbocycles. The number of nitrogens with zero attached hydrogens (tertiary/aromatic N) is 2. The Morgan fingerprint density at radius 2 is 1.74 bits per heavy atom. The summed E-state index contributed by atoms with van der Waals surface area (Å²) in [4.78, 5) is 57.8. The summed E-state index contributed by atoms with van der Waals surface area (Å²) in [6.45, 7) is 16.8. The van der Waals surface area contributed by atoms with E-state index in [0.29, 0.717) is 50.6 Å². The Morgan fingerprint density at radius 1 is 1.06 bits per heavy atom. The zero-order valence-electron chi connectivity index (χ0n) is 30.1. The molecule has 1 saturated carbocycles. The molecular weight excluding hydrogens is 640 g/mol. The fourth-order valence-electron chi connectivity index (χ4n) is 7.11. The number of amides is 4. The van der Waals surface area contributed by atoms with Crippen LogP contribution in [0.4, 0.5) is 9.59 Å². The number of likely N-dealkylation sites (tertiary alicyclic amines) is 1. The molecule has 1 aliphatic carbocycles. The Hall–Kier alpha value is -4.22. The third-order valence-electron chi connectivity index (χ3n) is 9.98. The van der Waals surface area contributed by atoms with Gasteiger partial charge >= 0.3 is 12.2 Å². The van der Waals surface area contributed by atoms with Gasteiger partial charge in [0.15, 0.2) is 11.5 Å². The van der Waals surface area contributed by atoms with Crippen molar-refractivity contribution in [1.29, 1.82) is 0 Å². The van der Waals surface area contributed by atoms with Crippen molar-refractivity contribution in [3.63, 3.8) is 0 Å². The third-order valence-corrected chi connectivity index (χ3v) is 9.98. The molecule has 4 amide bonds. The van der Waals surface area contributed by atoms with Crippen LogP contribution in [0.25, 0.3) is 0 Å². The molecule has 0 radical (unpaired) electrons. The van der Waals surface area contributed by atoms with Crippen molar-refractivity contribution < 1.29 is 38.1 Å². The molecule has 12 nitrogen and oxygen atoms in total. The SMILES string of the molecule is C=CCCCCC[C@H](NC(=O)OC(C)(C)C)C(=O)N1C[C@H](OC(=O)N2Cc3cc4c(cc3C2)OCCCO4)C[C@H]1C(=O)N[C@]1(CC)C[C@H]1C=C. The minimum Gasteiger partial charge on any atom is -0.490 e. The molecule has 2 fully saturated rings. The predicted molar refractivity (Wildman–Crippen MR) is 188 cm³/mol. The van der Waals surface area contributed by atoms with Gasteiger partial charge in [-0.1, -0.05) is 31.9 Å². The minimum absolute atomic E-state index is 0.0202. The highest BCUT2D eigenvalue weighted by Gasteiger charge is 2.54. The molecule has 274 valence electrons. The number of alkyl carbamates (subject to hydrolysis) is 1. The number of rotatable bonds is 13. The molecule has 4 aliphatic rings. The van der Waals surface area contributed by atoms with Gasteiger partial charge in [0.2, 0.25) is 11.8 Å². The maximum Gasteiger partial charge on any atom is 0.410 e. The second-order valence-electron chi connectivity index (χ2n) is 14.9. The summed E-state index contributed by atoms with van der Waals surface area (Å²) in [6.07, 6.45) is 7.85. The number of unbranched alkanes of at least 4 members (excludes halogenated alkanes) is 3. The Labute approximate surface area is 295 Å². The lowest BCUT2D eigenvalue weighted by Crippen LogP contribution is -2.55. The van der Waals surface area contributed by atoms with Gasteiger partial charge in [0, 0.05) is 37.4 Å². The largest absolute Gasteiger partial charge is 0.490 e. The van der Waals surface area contributed by atoms with Crippen LogP contribution in [-0.4, -0.2) is 82.9 Å². The molecule has 2 N–H and O–H groups in total. The van der Waals surface area contributed by atoms with Crippen molar-refractivity contribution in [2.75, 3.05) is 19.8 Å². The molecule has 1 saturated heterocycles. The molecule has 0 spiro atoms. The first-order chi connectivity index (χ1) is 23.9. The second kappa shape index (κ2) is 15.8. The first-order valence-corrected chi connectivity index (χ1v) is 18.1. The zero-order valence-corrected chi connectivity index (χ0v) is 30.1. The maximum absolute atomic E-state index is 14.3. The topological polar surface area (TPSA) is 136 Å². The lowest BCUT2D eigenvalue weighted by Gasteiger charge is -2.30. The van der Waals surface area contributed by atoms with Gasteiger partial charge in [0.05, 0.1) is 19.8 Å². The van der Waals surface area contributed by atoms with Crippen LogP contribution in [0, 0.1) is 5.92 Å². The average Bonchev–Trinajstić information content (AvgIpc) is 3.46. The molecule has 5 atom stereocenters. The number of fused-ring (bicyclic) bond motifs is 2. The van der Waals surface area contributed by atoms with Crippen molar-refractivity contribution in [3.8, 4) is 11.5 Å². The molecule has 5 rings (SSSR count). The van der Waals surface area contributed by atoms with Gasteiger partial charge in [-0.15, -0.1) is 13.2 Å². The van der Waals surface area contributed by atoms with E-state index in [9.17, 15) is 19.2 Å². The highest BCUT2D eigenvalue weighted by molar-refractivity contribution is 5.92. The molecule has 3 aliphatic heterocycles. The Morgan fingerprint density at radius 3 is 2.32 bits per heavy atom. The standard InChI is InChI=1S/C38H54N4O8/c1-7-10-11-12-13-15-29(39-35(45)50-37(4,5)6)34(44)42-24-28(20-30(42)33(43)40-38(9-3)21-27(38)8-2)49-36(46)41-22-25-18-31-32(19-26(25)23-41)48-17-14-16-47-31/h7-8,18-19,27-30H,1-2,9-17,20-24H2,3-6H3,(H,39,45)(H,40,43)/t27-,28-,29+,30+,38-/m1/s1. The van der Waals surface area contributed by atoms with Gasteiger partial charge in [-0.05, 0) is 76.1 Å². The number of nitrogens with one attached hydrogen (secondary N) is 2. The lowest BCUT2D eigenvalue weighted by molar-refractivity contribution is -0.140. The van der Waals surface area contributed by atoms with E-state index in [2.05, 4.69) is 23.8 Å². The molecule has 0 unspecified atom stereocenters. The van der Waals surface area contributed by atoms with Gasteiger partial charge in [0.25, 0.3) is 0 Å². The molecule has 0 aromatic heterocycles. The third kappa shape index (κ3) is 8.92. The van der Waals surface area contributed by atoms with Crippen molar-refractivity contribution in [2.45, 2.75) is 128 Å². The molecule has 3 heterocycles. The molecular formula is C38H54N4O8. The van der Waals surface area contributed by atoms with Crippen LogP contribution in [0.3, 0.4) is 0 Å². The van der Waals surface area contributed by atoms with Crippen LogP contribution < -0.4 is 20.1 Å². The van der Waals surface area contributed by atoms with E-state index in [1.807, 2.05) is 31.2 Å². The summed E-state index contributed by atoms with van der Waals surface area (Å²) in [5.74, 6) is 0.778. The summed E-state index contributed by atoms with van der Waals surface area (Å²) < 4.78 is 23.2. The molecule has 0 bridgehead atoms. The van der Waals surface area contributed by atoms with Crippen molar-refractivity contribution in [1.82, 2.24) is 20.4 Å². The van der Waals surface area contributed by atoms with Crippen LogP contribution in [0.15, 0.2) is 37.4 Å². The first kappa shape index (κ1) is 37.0. The number of ether oxygens (including phenoxy) is 4. The summed E-state index contributed by atoms with van der Waals surface area (Å²) in [5.41, 5.74) is 0.753. The molecule has 12 heteroatoms. The summed E-state index contributed by atoms with van der Waals surface area (Å²) in [7, 11) is 0. The van der Waals surface area contributed by atoms with Crippen molar-refractivity contribution in [2.24, 2.45) is 5.92 Å². The van der Waals surface area contributed by atoms with Gasteiger partial charge in [-0.3, -0.25) is 14.5 Å². The predicted octanol–water partition coefficient (Wildman–Crippen LogP) is 5.77. The number of carbonyl (C=O) groups excluding carboxylic acids is 4. The van der Waals surface area contributed by atoms with Crippen LogP contribution in [-0.2, 0) is 32.2 Å². The van der Waals surface area contributed by atoms with Crippen molar-refractivity contribution in [3.05, 3.63) is 48.6 Å². The zero-order chi connectivity index (χ0) is 36.1. The summed E-state index contributed by atoms with van der Waals surface area (Å²) in [6, 6.07) is 2.03. The van der Waals surface area contributed by atoms with E-state index in [1.54, 1.807) is 25.7 Å². The van der Waals surface area contributed by atoms with E-state index < -0.39 is 47.4 Å². The maximum atomic E-state index is 14.3. The van der Waals surface area contributed by atoms with Crippen LogP contribution in [0.2, 0.25) is 0 Å². The van der Waals surface area contributed by atoms with Crippen molar-refractivity contribution >= 4 is 24.0 Å². The van der Waals surface area contributed by atoms with E-state index in [0.717, 1.165) is 49.7 Å². The molecule has 50 heavy (non-hydrogen) atoms. The van der Waals surface area contributed by atoms with E-state index in [1.165, 1.54) is 4.90 Å². The minimum atomic E-state index is -0.923. The monoisotopic (exact) mass is 694 g/mol. The first-order valence-electron chi connectivity index (χ1n) is 18.1. The van der Waals surface area contributed by atoms with Gasteiger partial charge < -0.3 is 34.5 Å². The van der Waals surface area contributed by atoms with Crippen LogP contribution in [0.5, 0.6) is 11.5 Å². The van der Waals surface area contributed by atoms with E-state index in [-0.39, 0.29) is 24.8 Å². The van der Waals surface area contributed by atoms with E-state index in [4.69, 9.17) is 18.9 Å². The number of hydrogen-bond acceptors (Lipinski definition) is 8. The number of benzene rings is 1. The fourth-order valence-corrected chi connectivity index (χ4v) is 7.11. The number of carbonyl (C=O) groups is 4. The second-order valence-corrected chi connectivity index (χ2v) is 14.9. The smallest absolute Gasteiger partial charge is 0.410 e. The quantitative estimate of drug-likeness (QED) is 0.196. The van der Waals surface area contributed by atoms with Gasteiger partial charge in [-0.2, -0.15) is 0 Å². The average molecular weight is 695 g/mol. The molecule has 1 aromatic rings. The fraction of sp³-hybridized carbons (Fsp3) is 0.632. The number of hydrogen-bond donors (Lipinski definition) is 2. The van der Waals surface area contributed by atoms with Crippen LogP contribution >= 0.6 is 0 Å². The van der Waals surface area contributed by atoms with Gasteiger partial charge in [-0.25, -0.2) is 9.59 Å². The number of allylic oxidation sites excluding steroid dienone is 1. The normalized spacial score (nSPS) is 24.4. The van der Waals surface area contributed by atoms with E-state index >= 15 is 0 Å². The summed E-state index contributed by atoms with van der Waals surface area (Å²) in [5, 5.41) is 5.97. The Balaban J connectivity index is 1.31. The lowest BCUT2D eigenvalue weighted by atomic mass is 10.0. The Bertz CT molecular complexity index is 1420.